The van der Waals surface area contributed by atoms with E-state index in [1.807, 2.05) is 49.4 Å². The molecule has 1 aromatic heterocycles. The number of ether oxygens (including phenoxy) is 1. The Morgan fingerprint density at radius 1 is 1.06 bits per heavy atom. The molecule has 4 aromatic rings. The first-order chi connectivity index (χ1) is 15.0. The second-order valence-electron chi connectivity index (χ2n) is 6.48. The molecule has 0 aliphatic heterocycles. The Bertz CT molecular complexity index is 1240. The predicted octanol–water partition coefficient (Wildman–Crippen LogP) is 6.90. The second kappa shape index (κ2) is 9.72. The van der Waals surface area contributed by atoms with E-state index in [0.717, 1.165) is 24.7 Å². The summed E-state index contributed by atoms with van der Waals surface area (Å²) in [6.45, 7) is 2.49. The molecule has 3 aromatic carbocycles. The zero-order valence-electron chi connectivity index (χ0n) is 16.5. The van der Waals surface area contributed by atoms with Crippen molar-refractivity contribution in [3.63, 3.8) is 0 Å². The van der Waals surface area contributed by atoms with Crippen LogP contribution in [0.25, 0.3) is 10.2 Å². The molecule has 8 heteroatoms. The lowest BCUT2D eigenvalue weighted by molar-refractivity contribution is 0.0988. The van der Waals surface area contributed by atoms with Crippen LogP contribution >= 0.6 is 43.2 Å². The monoisotopic (exact) mass is 557 g/mol. The van der Waals surface area contributed by atoms with Gasteiger partial charge < -0.3 is 4.74 Å². The van der Waals surface area contributed by atoms with Crippen LogP contribution in [0.1, 0.15) is 22.8 Å². The summed E-state index contributed by atoms with van der Waals surface area (Å²) < 4.78 is 8.38. The Kier molecular flexibility index (Phi) is 6.80. The van der Waals surface area contributed by atoms with Crippen molar-refractivity contribution in [1.82, 2.24) is 4.98 Å². The van der Waals surface area contributed by atoms with Crippen molar-refractivity contribution in [2.45, 2.75) is 6.92 Å². The van der Waals surface area contributed by atoms with E-state index in [2.05, 4.69) is 41.9 Å². The molecule has 0 aliphatic rings. The topological polar surface area (TPSA) is 54.8 Å². The summed E-state index contributed by atoms with van der Waals surface area (Å²) in [5, 5.41) is 6.34. The van der Waals surface area contributed by atoms with Gasteiger partial charge in [-0.2, -0.15) is 10.1 Å². The second-order valence-corrected chi connectivity index (χ2v) is 9.32. The fourth-order valence-corrected chi connectivity index (χ4v) is 4.56. The lowest BCUT2D eigenvalue weighted by Crippen LogP contribution is -2.25. The number of nitrogens with zero attached hydrogens (tertiary/aromatic N) is 3. The van der Waals surface area contributed by atoms with Gasteiger partial charge in [0, 0.05) is 14.5 Å². The van der Waals surface area contributed by atoms with E-state index in [1.54, 1.807) is 30.5 Å². The Morgan fingerprint density at radius 2 is 1.77 bits per heavy atom. The number of fused-ring (bicyclic) bond motifs is 1. The standard InChI is InChI=1S/C23H17Br2N3O2S/c1-2-30-19-10-5-16(6-11-19)22(29)28(26-14-15-3-7-17(24)8-4-15)23-27-20-12-9-18(25)13-21(20)31-23/h3-14H,2H2,1H3/b26-14+. The van der Waals surface area contributed by atoms with Crippen LogP contribution in [0.15, 0.2) is 80.8 Å². The van der Waals surface area contributed by atoms with Crippen molar-refractivity contribution in [3.8, 4) is 5.75 Å². The molecule has 0 radical (unpaired) electrons. The number of halogens is 2. The number of rotatable bonds is 6. The van der Waals surface area contributed by atoms with Crippen LogP contribution in [0.2, 0.25) is 0 Å². The maximum Gasteiger partial charge on any atom is 0.280 e. The first-order valence-corrected chi connectivity index (χ1v) is 11.9. The van der Waals surface area contributed by atoms with Crippen LogP contribution in [-0.4, -0.2) is 23.7 Å². The number of hydrogen-bond acceptors (Lipinski definition) is 5. The van der Waals surface area contributed by atoms with Crippen molar-refractivity contribution in [2.24, 2.45) is 5.10 Å². The lowest BCUT2D eigenvalue weighted by atomic mass is 10.2. The summed E-state index contributed by atoms with van der Waals surface area (Å²) in [5.74, 6) is 0.448. The van der Waals surface area contributed by atoms with E-state index in [1.165, 1.54) is 16.3 Å². The Balaban J connectivity index is 1.71. The van der Waals surface area contributed by atoms with E-state index >= 15 is 0 Å². The molecule has 1 amide bonds. The molecule has 0 unspecified atom stereocenters. The van der Waals surface area contributed by atoms with Crippen molar-refractivity contribution < 1.29 is 9.53 Å². The Hall–Kier alpha value is -2.55. The largest absolute Gasteiger partial charge is 0.494 e. The number of carbonyl (C=O) groups excluding carboxylic acids is 1. The Labute approximate surface area is 200 Å². The highest BCUT2D eigenvalue weighted by Crippen LogP contribution is 2.32. The van der Waals surface area contributed by atoms with E-state index in [-0.39, 0.29) is 5.91 Å². The van der Waals surface area contributed by atoms with Gasteiger partial charge in [0.15, 0.2) is 0 Å². The molecule has 4 rings (SSSR count). The van der Waals surface area contributed by atoms with Crippen LogP contribution in [0, 0.1) is 0 Å². The SMILES string of the molecule is CCOc1ccc(C(=O)N(/N=C/c2ccc(Br)cc2)c2nc3ccc(Br)cc3s2)cc1. The molecular formula is C23H17Br2N3O2S. The fourth-order valence-electron chi connectivity index (χ4n) is 2.82. The van der Waals surface area contributed by atoms with Gasteiger partial charge in [0.25, 0.3) is 5.91 Å². The normalized spacial score (nSPS) is 11.2. The van der Waals surface area contributed by atoms with Gasteiger partial charge in [-0.05, 0) is 67.1 Å². The average molecular weight is 559 g/mol. The molecule has 0 N–H and O–H groups in total. The smallest absolute Gasteiger partial charge is 0.280 e. The number of carbonyl (C=O) groups is 1. The minimum absolute atomic E-state index is 0.269. The van der Waals surface area contributed by atoms with Crippen LogP contribution in [-0.2, 0) is 0 Å². The fraction of sp³-hybridized carbons (Fsp3) is 0.0870. The first-order valence-electron chi connectivity index (χ1n) is 9.46. The third kappa shape index (κ3) is 5.20. The van der Waals surface area contributed by atoms with Gasteiger partial charge in [0.1, 0.15) is 5.75 Å². The number of anilines is 1. The van der Waals surface area contributed by atoms with Gasteiger partial charge in [-0.25, -0.2) is 4.98 Å². The third-order valence-electron chi connectivity index (χ3n) is 4.32. The zero-order chi connectivity index (χ0) is 21.8. The summed E-state index contributed by atoms with van der Waals surface area (Å²) in [7, 11) is 0. The molecule has 31 heavy (non-hydrogen) atoms. The summed E-state index contributed by atoms with van der Waals surface area (Å²) >= 11 is 8.32. The van der Waals surface area contributed by atoms with E-state index in [9.17, 15) is 4.79 Å². The van der Waals surface area contributed by atoms with E-state index in [0.29, 0.717) is 23.1 Å². The molecule has 0 spiro atoms. The highest BCUT2D eigenvalue weighted by Gasteiger charge is 2.21. The number of benzene rings is 3. The number of hydrogen-bond donors (Lipinski definition) is 0. The van der Waals surface area contributed by atoms with Crippen molar-refractivity contribution in [1.29, 1.82) is 0 Å². The number of amides is 1. The quantitative estimate of drug-likeness (QED) is 0.191. The summed E-state index contributed by atoms with van der Waals surface area (Å²) in [5.41, 5.74) is 2.18. The van der Waals surface area contributed by atoms with E-state index in [4.69, 9.17) is 4.74 Å². The average Bonchev–Trinajstić information content (AvgIpc) is 3.18. The van der Waals surface area contributed by atoms with Gasteiger partial charge in [0.05, 0.1) is 23.0 Å². The van der Waals surface area contributed by atoms with Crippen molar-refractivity contribution in [3.05, 3.63) is 86.8 Å². The molecule has 5 nitrogen and oxygen atoms in total. The van der Waals surface area contributed by atoms with Gasteiger partial charge in [-0.3, -0.25) is 4.79 Å². The van der Waals surface area contributed by atoms with Crippen molar-refractivity contribution >= 4 is 70.7 Å². The van der Waals surface area contributed by atoms with Gasteiger partial charge in [-0.1, -0.05) is 55.3 Å². The van der Waals surface area contributed by atoms with E-state index < -0.39 is 0 Å². The molecule has 156 valence electrons. The van der Waals surface area contributed by atoms with Crippen LogP contribution in [0.5, 0.6) is 5.75 Å². The third-order valence-corrected chi connectivity index (χ3v) is 6.33. The highest BCUT2D eigenvalue weighted by atomic mass is 79.9. The number of hydrazone groups is 1. The molecule has 0 bridgehead atoms. The highest BCUT2D eigenvalue weighted by molar-refractivity contribution is 9.10. The molecule has 0 atom stereocenters. The van der Waals surface area contributed by atoms with Gasteiger partial charge in [-0.15, -0.1) is 0 Å². The lowest BCUT2D eigenvalue weighted by Gasteiger charge is -2.14. The van der Waals surface area contributed by atoms with Crippen LogP contribution < -0.4 is 9.75 Å². The number of aromatic nitrogens is 1. The molecule has 0 saturated carbocycles. The zero-order valence-corrected chi connectivity index (χ0v) is 20.4. The Morgan fingerprint density at radius 3 is 2.48 bits per heavy atom. The summed E-state index contributed by atoms with van der Waals surface area (Å²) in [4.78, 5) is 18.0. The maximum atomic E-state index is 13.4. The number of thiazole rings is 1. The summed E-state index contributed by atoms with van der Waals surface area (Å²) in [6, 6.07) is 20.5. The minimum atomic E-state index is -0.269. The molecule has 0 aliphatic carbocycles. The first kappa shape index (κ1) is 21.7. The minimum Gasteiger partial charge on any atom is -0.494 e. The summed E-state index contributed by atoms with van der Waals surface area (Å²) in [6.07, 6.45) is 1.65. The molecular weight excluding hydrogens is 542 g/mol. The van der Waals surface area contributed by atoms with Gasteiger partial charge >= 0.3 is 0 Å². The van der Waals surface area contributed by atoms with Gasteiger partial charge in [0.2, 0.25) is 5.13 Å². The van der Waals surface area contributed by atoms with Crippen LogP contribution in [0.3, 0.4) is 0 Å². The predicted molar refractivity (Wildman–Crippen MR) is 133 cm³/mol. The maximum absolute atomic E-state index is 13.4. The molecule has 0 fully saturated rings. The van der Waals surface area contributed by atoms with Crippen molar-refractivity contribution in [2.75, 3.05) is 11.6 Å². The molecule has 0 saturated heterocycles. The van der Waals surface area contributed by atoms with Crippen LogP contribution in [0.4, 0.5) is 5.13 Å². The molecule has 1 heterocycles.